The molecule has 0 heterocycles. The maximum Gasteiger partial charge on any atom is 0.260 e. The van der Waals surface area contributed by atoms with Crippen LogP contribution in [-0.4, -0.2) is 39.8 Å². The fraction of sp³-hybridized carbons (Fsp3) is 0.533. The van der Waals surface area contributed by atoms with Crippen LogP contribution < -0.4 is 14.4 Å². The minimum Gasteiger partial charge on any atom is -0.481 e. The number of hydrogen-bond acceptors (Lipinski definition) is 4. The Hall–Kier alpha value is -1.76. The average molecular weight is 328 g/mol. The van der Waals surface area contributed by atoms with Gasteiger partial charge in [0, 0.05) is 13.1 Å². The van der Waals surface area contributed by atoms with Gasteiger partial charge in [-0.05, 0) is 44.5 Å². The summed E-state index contributed by atoms with van der Waals surface area (Å²) in [4.78, 5) is 11.9. The Kier molecular flexibility index (Phi) is 6.22. The van der Waals surface area contributed by atoms with Crippen LogP contribution in [0.3, 0.4) is 0 Å². The molecule has 0 aliphatic heterocycles. The van der Waals surface area contributed by atoms with Gasteiger partial charge >= 0.3 is 0 Å². The molecule has 0 aliphatic carbocycles. The molecule has 0 saturated heterocycles. The first-order valence-electron chi connectivity index (χ1n) is 7.16. The molecule has 6 nitrogen and oxygen atoms in total. The van der Waals surface area contributed by atoms with E-state index in [9.17, 15) is 13.2 Å². The van der Waals surface area contributed by atoms with E-state index in [4.69, 9.17) is 4.74 Å². The van der Waals surface area contributed by atoms with E-state index in [1.807, 2.05) is 13.8 Å². The molecule has 0 aromatic heterocycles. The number of rotatable bonds is 7. The number of benzene rings is 1. The number of ether oxygens (including phenoxy) is 1. The standard InChI is InChI=1S/C15H24N2O4S/c1-6-11(2)16-15(18)12(3)21-14-9-7-13(8-10-14)17(4)22(5,19)20/h7-12H,6H2,1-5H3,(H,16,18)/t11-,12+/m0/s1. The Morgan fingerprint density at radius 1 is 1.27 bits per heavy atom. The lowest BCUT2D eigenvalue weighted by Gasteiger charge is -2.19. The third-order valence-electron chi connectivity index (χ3n) is 3.38. The number of sulfonamides is 1. The summed E-state index contributed by atoms with van der Waals surface area (Å²) in [5.41, 5.74) is 0.534. The number of nitrogens with one attached hydrogen (secondary N) is 1. The maximum absolute atomic E-state index is 11.9. The van der Waals surface area contributed by atoms with E-state index in [2.05, 4.69) is 5.32 Å². The molecule has 0 fully saturated rings. The molecule has 2 atom stereocenters. The molecule has 0 aliphatic rings. The topological polar surface area (TPSA) is 75.7 Å². The van der Waals surface area contributed by atoms with E-state index in [-0.39, 0.29) is 11.9 Å². The van der Waals surface area contributed by atoms with Crippen LogP contribution in [0.4, 0.5) is 5.69 Å². The highest BCUT2D eigenvalue weighted by molar-refractivity contribution is 7.92. The van der Waals surface area contributed by atoms with Crippen LogP contribution >= 0.6 is 0 Å². The fourth-order valence-electron chi connectivity index (χ4n) is 1.65. The Labute approximate surface area is 132 Å². The summed E-state index contributed by atoms with van der Waals surface area (Å²) >= 11 is 0. The number of carbonyl (C=O) groups is 1. The second kappa shape index (κ2) is 7.49. The van der Waals surface area contributed by atoms with Crippen LogP contribution in [0, 0.1) is 0 Å². The summed E-state index contributed by atoms with van der Waals surface area (Å²) in [5.74, 6) is 0.337. The molecule has 1 N–H and O–H groups in total. The summed E-state index contributed by atoms with van der Waals surface area (Å²) in [5, 5.41) is 2.85. The highest BCUT2D eigenvalue weighted by Crippen LogP contribution is 2.21. The SMILES string of the molecule is CC[C@H](C)NC(=O)[C@@H](C)Oc1ccc(N(C)S(C)(=O)=O)cc1. The second-order valence-corrected chi connectivity index (χ2v) is 7.32. The molecule has 1 aromatic carbocycles. The Balaban J connectivity index is 2.70. The van der Waals surface area contributed by atoms with Crippen LogP contribution in [0.5, 0.6) is 5.75 Å². The minimum atomic E-state index is -3.29. The largest absolute Gasteiger partial charge is 0.481 e. The van der Waals surface area contributed by atoms with Gasteiger partial charge in [0.05, 0.1) is 11.9 Å². The molecule has 0 bridgehead atoms. The Morgan fingerprint density at radius 2 is 1.82 bits per heavy atom. The summed E-state index contributed by atoms with van der Waals surface area (Å²) in [6.45, 7) is 5.60. The number of carbonyl (C=O) groups excluding carboxylic acids is 1. The molecule has 7 heteroatoms. The molecule has 0 unspecified atom stereocenters. The summed E-state index contributed by atoms with van der Waals surface area (Å²) < 4.78 is 29.7. The van der Waals surface area contributed by atoms with Gasteiger partial charge < -0.3 is 10.1 Å². The molecule has 22 heavy (non-hydrogen) atoms. The van der Waals surface area contributed by atoms with E-state index in [1.165, 1.54) is 11.4 Å². The van der Waals surface area contributed by atoms with Crippen molar-refractivity contribution in [3.63, 3.8) is 0 Å². The third kappa shape index (κ3) is 5.22. The van der Waals surface area contributed by atoms with Gasteiger partial charge in [-0.25, -0.2) is 8.42 Å². The molecule has 0 radical (unpaired) electrons. The molecular formula is C15H24N2O4S. The first kappa shape index (κ1) is 18.3. The van der Waals surface area contributed by atoms with E-state index in [1.54, 1.807) is 31.2 Å². The quantitative estimate of drug-likeness (QED) is 0.827. The predicted molar refractivity (Wildman–Crippen MR) is 87.7 cm³/mol. The molecule has 1 rings (SSSR count). The Morgan fingerprint density at radius 3 is 2.27 bits per heavy atom. The van der Waals surface area contributed by atoms with E-state index < -0.39 is 16.1 Å². The lowest BCUT2D eigenvalue weighted by molar-refractivity contribution is -0.127. The highest BCUT2D eigenvalue weighted by atomic mass is 32.2. The van der Waals surface area contributed by atoms with Gasteiger partial charge in [-0.2, -0.15) is 0 Å². The van der Waals surface area contributed by atoms with E-state index in [0.717, 1.165) is 12.7 Å². The van der Waals surface area contributed by atoms with Gasteiger partial charge in [0.15, 0.2) is 6.10 Å². The molecule has 0 spiro atoms. The number of amides is 1. The third-order valence-corrected chi connectivity index (χ3v) is 4.59. The summed E-state index contributed by atoms with van der Waals surface area (Å²) in [6, 6.07) is 6.66. The van der Waals surface area contributed by atoms with Gasteiger partial charge in [0.2, 0.25) is 10.0 Å². The maximum atomic E-state index is 11.9. The molecule has 1 aromatic rings. The molecule has 1 amide bonds. The normalized spacial score (nSPS) is 14.0. The zero-order valence-electron chi connectivity index (χ0n) is 13.7. The predicted octanol–water partition coefficient (Wildman–Crippen LogP) is 1.76. The first-order valence-corrected chi connectivity index (χ1v) is 9.01. The van der Waals surface area contributed by atoms with Gasteiger partial charge in [-0.1, -0.05) is 6.92 Å². The number of hydrogen-bond donors (Lipinski definition) is 1. The van der Waals surface area contributed by atoms with Crippen molar-refractivity contribution in [3.8, 4) is 5.75 Å². The van der Waals surface area contributed by atoms with Crippen molar-refractivity contribution < 1.29 is 17.9 Å². The van der Waals surface area contributed by atoms with Crippen molar-refractivity contribution in [1.29, 1.82) is 0 Å². The van der Waals surface area contributed by atoms with Crippen molar-refractivity contribution in [2.45, 2.75) is 39.3 Å². The molecule has 0 saturated carbocycles. The van der Waals surface area contributed by atoms with E-state index in [0.29, 0.717) is 11.4 Å². The van der Waals surface area contributed by atoms with Crippen LogP contribution in [-0.2, 0) is 14.8 Å². The zero-order valence-corrected chi connectivity index (χ0v) is 14.5. The lowest BCUT2D eigenvalue weighted by atomic mass is 10.2. The molecule has 124 valence electrons. The van der Waals surface area contributed by atoms with Crippen LogP contribution in [0.2, 0.25) is 0 Å². The monoisotopic (exact) mass is 328 g/mol. The average Bonchev–Trinajstić information content (AvgIpc) is 2.46. The first-order chi connectivity index (χ1) is 10.1. The smallest absolute Gasteiger partial charge is 0.260 e. The Bertz CT molecular complexity index is 598. The second-order valence-electron chi connectivity index (χ2n) is 5.30. The zero-order chi connectivity index (χ0) is 16.9. The van der Waals surface area contributed by atoms with Crippen molar-refractivity contribution in [1.82, 2.24) is 5.32 Å². The minimum absolute atomic E-state index is 0.101. The number of anilines is 1. The van der Waals surface area contributed by atoms with Crippen molar-refractivity contribution in [2.75, 3.05) is 17.6 Å². The van der Waals surface area contributed by atoms with Crippen LogP contribution in [0.15, 0.2) is 24.3 Å². The van der Waals surface area contributed by atoms with Crippen LogP contribution in [0.1, 0.15) is 27.2 Å². The van der Waals surface area contributed by atoms with Gasteiger partial charge in [0.1, 0.15) is 5.75 Å². The van der Waals surface area contributed by atoms with Gasteiger partial charge in [-0.3, -0.25) is 9.10 Å². The lowest BCUT2D eigenvalue weighted by Crippen LogP contribution is -2.40. The number of nitrogens with zero attached hydrogens (tertiary/aromatic N) is 1. The fourth-order valence-corrected chi connectivity index (χ4v) is 2.15. The van der Waals surface area contributed by atoms with Crippen molar-refractivity contribution in [3.05, 3.63) is 24.3 Å². The van der Waals surface area contributed by atoms with Gasteiger partial charge in [0.25, 0.3) is 5.91 Å². The summed E-state index contributed by atoms with van der Waals surface area (Å²) in [6.07, 6.45) is 1.37. The highest BCUT2D eigenvalue weighted by Gasteiger charge is 2.17. The van der Waals surface area contributed by atoms with E-state index >= 15 is 0 Å². The van der Waals surface area contributed by atoms with Crippen molar-refractivity contribution in [2.24, 2.45) is 0 Å². The van der Waals surface area contributed by atoms with Crippen molar-refractivity contribution >= 4 is 21.6 Å². The van der Waals surface area contributed by atoms with Gasteiger partial charge in [-0.15, -0.1) is 0 Å². The van der Waals surface area contributed by atoms with Crippen LogP contribution in [0.25, 0.3) is 0 Å². The molecular weight excluding hydrogens is 304 g/mol. The summed E-state index contributed by atoms with van der Waals surface area (Å²) in [7, 11) is -1.81.